The molecule has 1 saturated heterocycles. The molecule has 128 valence electrons. The second-order valence-corrected chi connectivity index (χ2v) is 6.27. The number of nitrogens with two attached hydrogens (primary N) is 1. The zero-order valence-electron chi connectivity index (χ0n) is 13.0. The SMILES string of the molecule is NCCCOC1CCN(C(=O)COc2ccc(Cl)c(Cl)c2)CC1. The lowest BCUT2D eigenvalue weighted by atomic mass is 10.1. The molecule has 0 aromatic heterocycles. The molecule has 1 heterocycles. The first kappa shape index (κ1) is 18.3. The van der Waals surface area contributed by atoms with Gasteiger partial charge in [-0.25, -0.2) is 0 Å². The monoisotopic (exact) mass is 360 g/mol. The van der Waals surface area contributed by atoms with Crippen molar-refractivity contribution in [3.05, 3.63) is 28.2 Å². The van der Waals surface area contributed by atoms with E-state index in [4.69, 9.17) is 38.4 Å². The number of halogens is 2. The predicted octanol–water partition coefficient (Wildman–Crippen LogP) is 2.73. The minimum atomic E-state index is -0.0310. The highest BCUT2D eigenvalue weighted by Gasteiger charge is 2.23. The molecule has 0 aliphatic carbocycles. The van der Waals surface area contributed by atoms with Crippen LogP contribution < -0.4 is 10.5 Å². The zero-order chi connectivity index (χ0) is 16.7. The largest absolute Gasteiger partial charge is 0.484 e. The summed E-state index contributed by atoms with van der Waals surface area (Å²) < 4.78 is 11.2. The fourth-order valence-electron chi connectivity index (χ4n) is 2.41. The van der Waals surface area contributed by atoms with Crippen LogP contribution in [0.15, 0.2) is 18.2 Å². The van der Waals surface area contributed by atoms with Crippen LogP contribution >= 0.6 is 23.2 Å². The van der Waals surface area contributed by atoms with E-state index in [0.29, 0.717) is 42.0 Å². The highest BCUT2D eigenvalue weighted by molar-refractivity contribution is 6.42. The smallest absolute Gasteiger partial charge is 0.260 e. The average molecular weight is 361 g/mol. The molecule has 5 nitrogen and oxygen atoms in total. The summed E-state index contributed by atoms with van der Waals surface area (Å²) in [5.41, 5.74) is 5.44. The lowest BCUT2D eigenvalue weighted by Gasteiger charge is -2.31. The van der Waals surface area contributed by atoms with E-state index in [9.17, 15) is 4.79 Å². The molecule has 0 bridgehead atoms. The van der Waals surface area contributed by atoms with Gasteiger partial charge in [-0.3, -0.25) is 4.79 Å². The molecule has 2 N–H and O–H groups in total. The van der Waals surface area contributed by atoms with E-state index in [2.05, 4.69) is 0 Å². The van der Waals surface area contributed by atoms with Gasteiger partial charge in [-0.1, -0.05) is 23.2 Å². The first-order chi connectivity index (χ1) is 11.1. The van der Waals surface area contributed by atoms with Crippen molar-refractivity contribution < 1.29 is 14.3 Å². The van der Waals surface area contributed by atoms with E-state index in [1.165, 1.54) is 0 Å². The van der Waals surface area contributed by atoms with Crippen molar-refractivity contribution in [2.75, 3.05) is 32.8 Å². The Labute approximate surface area is 146 Å². The Bertz CT molecular complexity index is 520. The third kappa shape index (κ3) is 5.84. The summed E-state index contributed by atoms with van der Waals surface area (Å²) in [7, 11) is 0. The molecule has 0 saturated carbocycles. The number of rotatable bonds is 7. The third-order valence-electron chi connectivity index (χ3n) is 3.75. The summed E-state index contributed by atoms with van der Waals surface area (Å²) in [6, 6.07) is 4.95. The molecule has 23 heavy (non-hydrogen) atoms. The van der Waals surface area contributed by atoms with Crippen LogP contribution in [0.1, 0.15) is 19.3 Å². The lowest BCUT2D eigenvalue weighted by molar-refractivity contribution is -0.136. The van der Waals surface area contributed by atoms with E-state index >= 15 is 0 Å². The van der Waals surface area contributed by atoms with Crippen LogP contribution in [0, 0.1) is 0 Å². The molecule has 1 aromatic rings. The maximum Gasteiger partial charge on any atom is 0.260 e. The van der Waals surface area contributed by atoms with Crippen LogP contribution in [-0.4, -0.2) is 49.8 Å². The quantitative estimate of drug-likeness (QED) is 0.759. The molecular weight excluding hydrogens is 339 g/mol. The van der Waals surface area contributed by atoms with E-state index in [1.807, 2.05) is 0 Å². The molecule has 7 heteroatoms. The fraction of sp³-hybridized carbons (Fsp3) is 0.562. The number of carbonyl (C=O) groups excluding carboxylic acids is 1. The molecule has 0 spiro atoms. The Morgan fingerprint density at radius 3 is 2.65 bits per heavy atom. The topological polar surface area (TPSA) is 64.8 Å². The molecule has 1 aromatic carbocycles. The van der Waals surface area contributed by atoms with Crippen molar-refractivity contribution in [3.8, 4) is 5.75 Å². The van der Waals surface area contributed by atoms with E-state index < -0.39 is 0 Å². The van der Waals surface area contributed by atoms with Crippen LogP contribution in [-0.2, 0) is 9.53 Å². The molecule has 2 rings (SSSR count). The fourth-order valence-corrected chi connectivity index (χ4v) is 2.70. The molecule has 1 fully saturated rings. The number of likely N-dealkylation sites (tertiary alicyclic amines) is 1. The molecule has 1 aliphatic heterocycles. The molecule has 0 unspecified atom stereocenters. The second-order valence-electron chi connectivity index (χ2n) is 5.46. The van der Waals surface area contributed by atoms with Gasteiger partial charge in [-0.15, -0.1) is 0 Å². The second kappa shape index (κ2) is 9.33. The predicted molar refractivity (Wildman–Crippen MR) is 91.2 cm³/mol. The zero-order valence-corrected chi connectivity index (χ0v) is 14.5. The van der Waals surface area contributed by atoms with Gasteiger partial charge in [0.2, 0.25) is 0 Å². The van der Waals surface area contributed by atoms with Crippen molar-refractivity contribution in [2.45, 2.75) is 25.4 Å². The van der Waals surface area contributed by atoms with Gasteiger partial charge in [0.05, 0.1) is 16.1 Å². The molecule has 0 atom stereocenters. The number of piperidine rings is 1. The Balaban J connectivity index is 1.71. The lowest BCUT2D eigenvalue weighted by Crippen LogP contribution is -2.43. The van der Waals surface area contributed by atoms with Crippen molar-refractivity contribution in [2.24, 2.45) is 5.73 Å². The summed E-state index contributed by atoms with van der Waals surface area (Å²) in [6.45, 7) is 2.71. The molecule has 1 aliphatic rings. The van der Waals surface area contributed by atoms with Crippen molar-refractivity contribution >= 4 is 29.1 Å². The molecule has 1 amide bonds. The first-order valence-corrected chi connectivity index (χ1v) is 8.53. The standard InChI is InChI=1S/C16H22Cl2N2O3/c17-14-3-2-13(10-15(14)18)23-11-16(21)20-7-4-12(5-8-20)22-9-1-6-19/h2-3,10,12H,1,4-9,11,19H2. The van der Waals surface area contributed by atoms with Crippen LogP contribution in [0.2, 0.25) is 10.0 Å². The third-order valence-corrected chi connectivity index (χ3v) is 4.49. The van der Waals surface area contributed by atoms with Crippen molar-refractivity contribution in [1.82, 2.24) is 4.90 Å². The summed E-state index contributed by atoms with van der Waals surface area (Å²) >= 11 is 11.8. The number of ether oxygens (including phenoxy) is 2. The van der Waals surface area contributed by atoms with E-state index in [-0.39, 0.29) is 18.6 Å². The Kier molecular flexibility index (Phi) is 7.43. The minimum Gasteiger partial charge on any atom is -0.484 e. The van der Waals surface area contributed by atoms with Crippen molar-refractivity contribution in [3.63, 3.8) is 0 Å². The number of carbonyl (C=O) groups is 1. The summed E-state index contributed by atoms with van der Waals surface area (Å²) in [5.74, 6) is 0.504. The van der Waals surface area contributed by atoms with Gasteiger partial charge in [0.15, 0.2) is 6.61 Å². The number of hydrogen-bond acceptors (Lipinski definition) is 4. The van der Waals surface area contributed by atoms with Crippen LogP contribution in [0.25, 0.3) is 0 Å². The summed E-state index contributed by atoms with van der Waals surface area (Å²) in [6.07, 6.45) is 2.80. The van der Waals surface area contributed by atoms with Crippen LogP contribution in [0.5, 0.6) is 5.75 Å². The van der Waals surface area contributed by atoms with Gasteiger partial charge in [0.25, 0.3) is 5.91 Å². The van der Waals surface area contributed by atoms with E-state index in [1.54, 1.807) is 23.1 Å². The Morgan fingerprint density at radius 2 is 2.00 bits per heavy atom. The minimum absolute atomic E-state index is 0.00331. The summed E-state index contributed by atoms with van der Waals surface area (Å²) in [4.78, 5) is 14.0. The first-order valence-electron chi connectivity index (χ1n) is 7.77. The van der Waals surface area contributed by atoms with Gasteiger partial charge in [0, 0.05) is 25.8 Å². The number of hydrogen-bond donors (Lipinski definition) is 1. The average Bonchev–Trinajstić information content (AvgIpc) is 2.56. The van der Waals surface area contributed by atoms with Gasteiger partial charge in [-0.2, -0.15) is 0 Å². The van der Waals surface area contributed by atoms with Gasteiger partial charge < -0.3 is 20.1 Å². The number of benzene rings is 1. The van der Waals surface area contributed by atoms with E-state index in [0.717, 1.165) is 19.3 Å². The summed E-state index contributed by atoms with van der Waals surface area (Å²) in [5, 5.41) is 0.870. The highest BCUT2D eigenvalue weighted by atomic mass is 35.5. The van der Waals surface area contributed by atoms with Crippen molar-refractivity contribution in [1.29, 1.82) is 0 Å². The number of amides is 1. The Morgan fingerprint density at radius 1 is 1.26 bits per heavy atom. The molecular formula is C16H22Cl2N2O3. The molecule has 0 radical (unpaired) electrons. The number of nitrogens with zero attached hydrogens (tertiary/aromatic N) is 1. The van der Waals surface area contributed by atoms with Gasteiger partial charge in [-0.05, 0) is 37.9 Å². The maximum absolute atomic E-state index is 12.2. The maximum atomic E-state index is 12.2. The Hall–Kier alpha value is -1.01. The normalized spacial score (nSPS) is 15.7. The van der Waals surface area contributed by atoms with Crippen LogP contribution in [0.4, 0.5) is 0 Å². The van der Waals surface area contributed by atoms with Gasteiger partial charge >= 0.3 is 0 Å². The highest BCUT2D eigenvalue weighted by Crippen LogP contribution is 2.26. The van der Waals surface area contributed by atoms with Gasteiger partial charge in [0.1, 0.15) is 5.75 Å². The van der Waals surface area contributed by atoms with Crippen LogP contribution in [0.3, 0.4) is 0 Å².